The Labute approximate surface area is 192 Å². The second-order valence-electron chi connectivity index (χ2n) is 6.38. The molecule has 0 aliphatic heterocycles. The molecule has 0 aliphatic carbocycles. The number of guanidine groups is 1. The van der Waals surface area contributed by atoms with Gasteiger partial charge in [0.2, 0.25) is 0 Å². The Morgan fingerprint density at radius 3 is 2.40 bits per heavy atom. The van der Waals surface area contributed by atoms with Crippen molar-refractivity contribution >= 4 is 35.6 Å². The first-order valence-corrected chi connectivity index (χ1v) is 9.25. The summed E-state index contributed by atoms with van der Waals surface area (Å²) < 4.78 is 5.84. The summed E-state index contributed by atoms with van der Waals surface area (Å²) in [5, 5.41) is 3.08. The maximum absolute atomic E-state index is 6.03. The third-order valence-corrected chi connectivity index (χ3v) is 4.20. The smallest absolute Gasteiger partial charge is 0.193 e. The number of aromatic nitrogens is 2. The number of nitrogens with two attached hydrogens (primary N) is 1. The van der Waals surface area contributed by atoms with E-state index >= 15 is 0 Å². The molecule has 0 saturated heterocycles. The van der Waals surface area contributed by atoms with Crippen molar-refractivity contribution in [2.45, 2.75) is 6.54 Å². The number of hydrogen-bond acceptors (Lipinski definition) is 3. The molecule has 1 aromatic heterocycles. The maximum Gasteiger partial charge on any atom is 0.193 e. The van der Waals surface area contributed by atoms with Crippen molar-refractivity contribution in [3.63, 3.8) is 0 Å². The van der Waals surface area contributed by atoms with Crippen molar-refractivity contribution in [1.82, 2.24) is 9.97 Å². The molecular weight excluding hydrogens is 489 g/mol. The van der Waals surface area contributed by atoms with Gasteiger partial charge >= 0.3 is 0 Å². The summed E-state index contributed by atoms with van der Waals surface area (Å²) in [6, 6.07) is 27.2. The third-order valence-electron chi connectivity index (χ3n) is 4.20. The summed E-state index contributed by atoms with van der Waals surface area (Å²) in [5.41, 5.74) is 8.86. The monoisotopic (exact) mass is 511 g/mol. The molecule has 1 heterocycles. The van der Waals surface area contributed by atoms with E-state index < -0.39 is 0 Å². The minimum Gasteiger partial charge on any atom is -0.457 e. The molecule has 6 nitrogen and oxygen atoms in total. The fourth-order valence-corrected chi connectivity index (χ4v) is 2.82. The first-order valence-electron chi connectivity index (χ1n) is 9.25. The molecule has 0 amide bonds. The molecule has 7 heteroatoms. The topological polar surface area (TPSA) is 88.3 Å². The van der Waals surface area contributed by atoms with Crippen LogP contribution in [-0.4, -0.2) is 15.9 Å². The second kappa shape index (κ2) is 10.4. The van der Waals surface area contributed by atoms with Crippen molar-refractivity contribution in [3.8, 4) is 22.8 Å². The van der Waals surface area contributed by atoms with E-state index in [1.165, 1.54) is 0 Å². The van der Waals surface area contributed by atoms with Gasteiger partial charge in [-0.15, -0.1) is 24.0 Å². The van der Waals surface area contributed by atoms with Gasteiger partial charge in [0.25, 0.3) is 0 Å². The number of rotatable bonds is 6. The minimum atomic E-state index is 0. The fraction of sp³-hybridized carbons (Fsp3) is 0.0435. The Morgan fingerprint density at radius 1 is 0.933 bits per heavy atom. The number of anilines is 1. The maximum atomic E-state index is 6.03. The van der Waals surface area contributed by atoms with Crippen LogP contribution in [-0.2, 0) is 6.54 Å². The number of nitrogens with one attached hydrogen (secondary N) is 2. The lowest BCUT2D eigenvalue weighted by Crippen LogP contribution is -2.22. The Bertz CT molecular complexity index is 1100. The second-order valence-corrected chi connectivity index (χ2v) is 6.38. The molecule has 0 saturated carbocycles. The predicted molar refractivity (Wildman–Crippen MR) is 131 cm³/mol. The zero-order chi connectivity index (χ0) is 19.9. The van der Waals surface area contributed by atoms with Crippen LogP contribution < -0.4 is 15.8 Å². The molecule has 152 valence electrons. The number of ether oxygens (including phenoxy) is 1. The molecule has 3 aromatic carbocycles. The molecule has 0 aliphatic rings. The zero-order valence-corrected chi connectivity index (χ0v) is 18.5. The van der Waals surface area contributed by atoms with E-state index in [0.717, 1.165) is 28.5 Å². The first kappa shape index (κ1) is 21.4. The van der Waals surface area contributed by atoms with Crippen molar-refractivity contribution in [2.75, 3.05) is 5.32 Å². The van der Waals surface area contributed by atoms with Gasteiger partial charge in [-0.05, 0) is 29.8 Å². The third kappa shape index (κ3) is 5.84. The van der Waals surface area contributed by atoms with Crippen LogP contribution >= 0.6 is 24.0 Å². The summed E-state index contributed by atoms with van der Waals surface area (Å²) in [6.45, 7) is 0.353. The largest absolute Gasteiger partial charge is 0.457 e. The number of halogens is 1. The molecule has 4 aromatic rings. The van der Waals surface area contributed by atoms with E-state index in [0.29, 0.717) is 18.3 Å². The molecule has 0 spiro atoms. The SMILES string of the molecule is I.NC(=NCc1ncc(-c2ccccc2)[nH]1)Nc1cccc(Oc2ccccc2)c1. The van der Waals surface area contributed by atoms with Crippen molar-refractivity contribution < 1.29 is 4.74 Å². The van der Waals surface area contributed by atoms with E-state index in [-0.39, 0.29) is 24.0 Å². The number of aromatic amines is 1. The summed E-state index contributed by atoms with van der Waals surface area (Å²) >= 11 is 0. The normalized spacial score (nSPS) is 10.9. The average Bonchev–Trinajstić information content (AvgIpc) is 3.23. The van der Waals surface area contributed by atoms with E-state index in [9.17, 15) is 0 Å². The van der Waals surface area contributed by atoms with Crippen LogP contribution in [0.5, 0.6) is 11.5 Å². The van der Waals surface area contributed by atoms with Gasteiger partial charge in [-0.2, -0.15) is 0 Å². The molecule has 30 heavy (non-hydrogen) atoms. The highest BCUT2D eigenvalue weighted by Crippen LogP contribution is 2.23. The standard InChI is InChI=1S/C23H21N5O.HI/c24-23(26-16-22-25-15-21(28-22)17-8-3-1-4-9-17)27-18-10-7-13-20(14-18)29-19-11-5-2-6-12-19;/h1-15H,16H2,(H,25,28)(H3,24,26,27);1H. The fourth-order valence-electron chi connectivity index (χ4n) is 2.82. The van der Waals surface area contributed by atoms with Crippen molar-refractivity contribution in [3.05, 3.63) is 97.0 Å². The van der Waals surface area contributed by atoms with E-state index in [4.69, 9.17) is 10.5 Å². The van der Waals surface area contributed by atoms with Crippen LogP contribution in [0.3, 0.4) is 0 Å². The molecule has 0 fully saturated rings. The molecule has 4 rings (SSSR count). The quantitative estimate of drug-likeness (QED) is 0.184. The first-order chi connectivity index (χ1) is 14.3. The van der Waals surface area contributed by atoms with E-state index in [2.05, 4.69) is 20.3 Å². The van der Waals surface area contributed by atoms with E-state index in [1.807, 2.05) is 84.9 Å². The van der Waals surface area contributed by atoms with Crippen LogP contribution in [0.2, 0.25) is 0 Å². The van der Waals surface area contributed by atoms with Gasteiger partial charge in [0.05, 0.1) is 11.9 Å². The molecule has 0 bridgehead atoms. The lowest BCUT2D eigenvalue weighted by atomic mass is 10.2. The number of imidazole rings is 1. The molecule has 0 radical (unpaired) electrons. The van der Waals surface area contributed by atoms with Gasteiger partial charge in [0.1, 0.15) is 23.9 Å². The van der Waals surface area contributed by atoms with Crippen LogP contribution in [0, 0.1) is 0 Å². The highest BCUT2D eigenvalue weighted by molar-refractivity contribution is 14.0. The molecule has 4 N–H and O–H groups in total. The van der Waals surface area contributed by atoms with Crippen LogP contribution in [0.15, 0.2) is 96.1 Å². The Balaban J connectivity index is 0.00000256. The Morgan fingerprint density at radius 2 is 1.63 bits per heavy atom. The Hall–Kier alpha value is -3.33. The van der Waals surface area contributed by atoms with Crippen molar-refractivity contribution in [2.24, 2.45) is 10.7 Å². The van der Waals surface area contributed by atoms with Gasteiger partial charge in [0, 0.05) is 11.8 Å². The lowest BCUT2D eigenvalue weighted by molar-refractivity contribution is 0.483. The average molecular weight is 511 g/mol. The zero-order valence-electron chi connectivity index (χ0n) is 16.2. The number of aliphatic imine (C=N–C) groups is 1. The summed E-state index contributed by atoms with van der Waals surface area (Å²) in [4.78, 5) is 12.0. The summed E-state index contributed by atoms with van der Waals surface area (Å²) in [7, 11) is 0. The molecule has 0 unspecified atom stereocenters. The number of hydrogen-bond donors (Lipinski definition) is 3. The van der Waals surface area contributed by atoms with Crippen LogP contribution in [0.25, 0.3) is 11.3 Å². The van der Waals surface area contributed by atoms with E-state index in [1.54, 1.807) is 6.20 Å². The molecular formula is C23H22IN5O. The van der Waals surface area contributed by atoms with Gasteiger partial charge in [-0.25, -0.2) is 9.98 Å². The number of H-pyrrole nitrogens is 1. The number of para-hydroxylation sites is 1. The number of benzene rings is 3. The predicted octanol–water partition coefficient (Wildman–Crippen LogP) is 5.41. The lowest BCUT2D eigenvalue weighted by Gasteiger charge is -2.09. The van der Waals surface area contributed by atoms with Crippen LogP contribution in [0.1, 0.15) is 5.82 Å². The minimum absolute atomic E-state index is 0. The van der Waals surface area contributed by atoms with Gasteiger partial charge in [-0.3, -0.25) is 0 Å². The number of nitrogens with zero attached hydrogens (tertiary/aromatic N) is 2. The van der Waals surface area contributed by atoms with Gasteiger partial charge in [0.15, 0.2) is 5.96 Å². The highest BCUT2D eigenvalue weighted by atomic mass is 127. The molecule has 0 atom stereocenters. The van der Waals surface area contributed by atoms with Gasteiger partial charge < -0.3 is 20.8 Å². The van der Waals surface area contributed by atoms with Crippen LogP contribution in [0.4, 0.5) is 5.69 Å². The summed E-state index contributed by atoms with van der Waals surface area (Å²) in [5.74, 6) is 2.54. The summed E-state index contributed by atoms with van der Waals surface area (Å²) in [6.07, 6.45) is 1.80. The Kier molecular flexibility index (Phi) is 7.45. The van der Waals surface area contributed by atoms with Gasteiger partial charge in [-0.1, -0.05) is 54.6 Å². The van der Waals surface area contributed by atoms with Crippen molar-refractivity contribution in [1.29, 1.82) is 0 Å². The highest BCUT2D eigenvalue weighted by Gasteiger charge is 2.04.